The molecule has 17 heavy (non-hydrogen) atoms. The first-order valence-electron chi connectivity index (χ1n) is 6.40. The monoisotopic (exact) mass is 238 g/mol. The molecule has 0 spiro atoms. The number of rotatable bonds is 6. The van der Waals surface area contributed by atoms with Gasteiger partial charge in [-0.25, -0.2) is 0 Å². The molecule has 0 fully saturated rings. The van der Waals surface area contributed by atoms with Gasteiger partial charge in [0.05, 0.1) is 5.69 Å². The van der Waals surface area contributed by atoms with Crippen LogP contribution >= 0.6 is 0 Å². The molecule has 0 amide bonds. The van der Waals surface area contributed by atoms with E-state index in [0.29, 0.717) is 6.04 Å². The summed E-state index contributed by atoms with van der Waals surface area (Å²) < 4.78 is 1.95. The van der Waals surface area contributed by atoms with E-state index in [0.717, 1.165) is 24.5 Å². The highest BCUT2D eigenvalue weighted by molar-refractivity contribution is 5.25. The van der Waals surface area contributed by atoms with E-state index in [4.69, 9.17) is 5.84 Å². The van der Waals surface area contributed by atoms with Crippen molar-refractivity contribution >= 4 is 0 Å². The van der Waals surface area contributed by atoms with E-state index in [9.17, 15) is 0 Å². The molecule has 0 bridgehead atoms. The molecule has 1 unspecified atom stereocenters. The van der Waals surface area contributed by atoms with Gasteiger partial charge in [0.1, 0.15) is 0 Å². The molecule has 98 valence electrons. The zero-order valence-electron chi connectivity index (χ0n) is 11.7. The summed E-state index contributed by atoms with van der Waals surface area (Å²) >= 11 is 0. The van der Waals surface area contributed by atoms with Gasteiger partial charge < -0.3 is 0 Å². The summed E-state index contributed by atoms with van der Waals surface area (Å²) in [6, 6.07) is 0.346. The molecular formula is C13H26N4. The number of nitrogens with zero attached hydrogens (tertiary/aromatic N) is 2. The molecule has 0 aliphatic carbocycles. The van der Waals surface area contributed by atoms with Crippen LogP contribution < -0.4 is 11.3 Å². The van der Waals surface area contributed by atoms with E-state index in [2.05, 4.69) is 38.2 Å². The Morgan fingerprint density at radius 2 is 1.94 bits per heavy atom. The largest absolute Gasteiger partial charge is 0.272 e. The molecule has 1 aromatic rings. The highest BCUT2D eigenvalue weighted by atomic mass is 15.3. The Hall–Kier alpha value is -0.870. The third-order valence-electron chi connectivity index (χ3n) is 3.44. The van der Waals surface area contributed by atoms with E-state index in [1.54, 1.807) is 0 Å². The van der Waals surface area contributed by atoms with Crippen LogP contribution in [0.15, 0.2) is 0 Å². The Morgan fingerprint density at radius 3 is 2.35 bits per heavy atom. The molecular weight excluding hydrogens is 212 g/mol. The van der Waals surface area contributed by atoms with E-state index in [1.807, 2.05) is 11.7 Å². The maximum atomic E-state index is 5.64. The topological polar surface area (TPSA) is 55.9 Å². The van der Waals surface area contributed by atoms with E-state index < -0.39 is 0 Å². The number of aryl methyl sites for hydroxylation is 2. The summed E-state index contributed by atoms with van der Waals surface area (Å²) in [7, 11) is 1.99. The van der Waals surface area contributed by atoms with Crippen LogP contribution in [-0.2, 0) is 13.5 Å². The molecule has 1 heterocycles. The van der Waals surface area contributed by atoms with Crippen molar-refractivity contribution in [3.63, 3.8) is 0 Å². The lowest BCUT2D eigenvalue weighted by Crippen LogP contribution is -2.37. The molecule has 4 nitrogen and oxygen atoms in total. The molecule has 3 N–H and O–H groups in total. The fourth-order valence-electron chi connectivity index (χ4n) is 2.14. The van der Waals surface area contributed by atoms with E-state index in [1.165, 1.54) is 17.7 Å². The Labute approximate surface area is 105 Å². The fraction of sp³-hybridized carbons (Fsp3) is 0.769. The minimum absolute atomic E-state index is 0.346. The van der Waals surface area contributed by atoms with Gasteiger partial charge in [0.25, 0.3) is 0 Å². The maximum Gasteiger partial charge on any atom is 0.0628 e. The van der Waals surface area contributed by atoms with Gasteiger partial charge in [-0.2, -0.15) is 5.10 Å². The maximum absolute atomic E-state index is 5.64. The first-order valence-corrected chi connectivity index (χ1v) is 6.40. The SMILES string of the molecule is Cc1nn(C)c(C)c1CC(CCC(C)C)NN. The number of hydrogen-bond acceptors (Lipinski definition) is 3. The minimum Gasteiger partial charge on any atom is -0.272 e. The van der Waals surface area contributed by atoms with Crippen LogP contribution in [0.25, 0.3) is 0 Å². The van der Waals surface area contributed by atoms with E-state index >= 15 is 0 Å². The second kappa shape index (κ2) is 6.17. The Kier molecular flexibility index (Phi) is 5.15. The number of hydrogen-bond donors (Lipinski definition) is 2. The van der Waals surface area contributed by atoms with Crippen molar-refractivity contribution in [2.75, 3.05) is 0 Å². The molecule has 4 heteroatoms. The first-order chi connectivity index (χ1) is 7.95. The van der Waals surface area contributed by atoms with Gasteiger partial charge in [0.15, 0.2) is 0 Å². The molecule has 1 rings (SSSR count). The molecule has 0 aromatic carbocycles. The van der Waals surface area contributed by atoms with Crippen LogP contribution in [0, 0.1) is 19.8 Å². The van der Waals surface area contributed by atoms with Gasteiger partial charge in [0, 0.05) is 18.8 Å². The fourth-order valence-corrected chi connectivity index (χ4v) is 2.14. The Morgan fingerprint density at radius 1 is 1.29 bits per heavy atom. The zero-order chi connectivity index (χ0) is 13.0. The van der Waals surface area contributed by atoms with Crippen LogP contribution in [-0.4, -0.2) is 15.8 Å². The van der Waals surface area contributed by atoms with Crippen molar-refractivity contribution in [2.45, 2.75) is 53.0 Å². The van der Waals surface area contributed by atoms with Crippen LogP contribution in [0.4, 0.5) is 0 Å². The number of nitrogens with one attached hydrogen (secondary N) is 1. The van der Waals surface area contributed by atoms with Crippen molar-refractivity contribution in [1.29, 1.82) is 0 Å². The lowest BCUT2D eigenvalue weighted by Gasteiger charge is -2.17. The van der Waals surface area contributed by atoms with Crippen LogP contribution in [0.2, 0.25) is 0 Å². The van der Waals surface area contributed by atoms with Crippen molar-refractivity contribution in [3.8, 4) is 0 Å². The van der Waals surface area contributed by atoms with Crippen LogP contribution in [0.3, 0.4) is 0 Å². The highest BCUT2D eigenvalue weighted by Gasteiger charge is 2.15. The summed E-state index contributed by atoms with van der Waals surface area (Å²) in [5.41, 5.74) is 6.63. The minimum atomic E-state index is 0.346. The standard InChI is InChI=1S/C13H26N4/c1-9(2)6-7-12(15-14)8-13-10(3)16-17(5)11(13)4/h9,12,15H,6-8,14H2,1-5H3. The molecule has 1 aromatic heterocycles. The second-order valence-electron chi connectivity index (χ2n) is 5.31. The quantitative estimate of drug-likeness (QED) is 0.587. The third kappa shape index (κ3) is 3.82. The average Bonchev–Trinajstić information content (AvgIpc) is 2.49. The first kappa shape index (κ1) is 14.2. The smallest absolute Gasteiger partial charge is 0.0628 e. The lowest BCUT2D eigenvalue weighted by atomic mass is 9.97. The highest BCUT2D eigenvalue weighted by Crippen LogP contribution is 2.17. The van der Waals surface area contributed by atoms with Crippen LogP contribution in [0.1, 0.15) is 43.6 Å². The van der Waals surface area contributed by atoms with Crippen molar-refractivity contribution in [2.24, 2.45) is 18.8 Å². The van der Waals surface area contributed by atoms with Gasteiger partial charge in [-0.3, -0.25) is 16.0 Å². The number of hydrazine groups is 1. The van der Waals surface area contributed by atoms with Crippen molar-refractivity contribution in [3.05, 3.63) is 17.0 Å². The van der Waals surface area contributed by atoms with Gasteiger partial charge in [-0.1, -0.05) is 13.8 Å². The van der Waals surface area contributed by atoms with Crippen LogP contribution in [0.5, 0.6) is 0 Å². The van der Waals surface area contributed by atoms with Gasteiger partial charge >= 0.3 is 0 Å². The van der Waals surface area contributed by atoms with Gasteiger partial charge in [0.2, 0.25) is 0 Å². The third-order valence-corrected chi connectivity index (χ3v) is 3.44. The lowest BCUT2D eigenvalue weighted by molar-refractivity contribution is 0.433. The summed E-state index contributed by atoms with van der Waals surface area (Å²) in [6.07, 6.45) is 3.28. The summed E-state index contributed by atoms with van der Waals surface area (Å²) in [4.78, 5) is 0. The van der Waals surface area contributed by atoms with Crippen molar-refractivity contribution in [1.82, 2.24) is 15.2 Å². The second-order valence-corrected chi connectivity index (χ2v) is 5.31. The molecule has 1 atom stereocenters. The van der Waals surface area contributed by atoms with Gasteiger partial charge in [-0.05, 0) is 44.6 Å². The Bertz CT molecular complexity index is 355. The number of nitrogens with two attached hydrogens (primary N) is 1. The molecule has 0 saturated carbocycles. The zero-order valence-corrected chi connectivity index (χ0v) is 11.7. The predicted molar refractivity (Wildman–Crippen MR) is 71.6 cm³/mol. The molecule has 0 radical (unpaired) electrons. The summed E-state index contributed by atoms with van der Waals surface area (Å²) in [6.45, 7) is 8.67. The van der Waals surface area contributed by atoms with E-state index in [-0.39, 0.29) is 0 Å². The van der Waals surface area contributed by atoms with Gasteiger partial charge in [-0.15, -0.1) is 0 Å². The normalized spacial score (nSPS) is 13.4. The number of aromatic nitrogens is 2. The molecule has 0 aliphatic rings. The summed E-state index contributed by atoms with van der Waals surface area (Å²) in [5, 5.41) is 4.44. The van der Waals surface area contributed by atoms with Crippen molar-refractivity contribution < 1.29 is 0 Å². The molecule has 0 aliphatic heterocycles. The predicted octanol–water partition coefficient (Wildman–Crippen LogP) is 1.85. The molecule has 0 saturated heterocycles. The Balaban J connectivity index is 2.67. The summed E-state index contributed by atoms with van der Waals surface area (Å²) in [5.74, 6) is 6.36. The average molecular weight is 238 g/mol.